The third kappa shape index (κ3) is 4.17. The molecule has 0 radical (unpaired) electrons. The zero-order valence-corrected chi connectivity index (χ0v) is 14.9. The molecule has 1 unspecified atom stereocenters. The molecule has 1 saturated heterocycles. The van der Waals surface area contributed by atoms with Crippen molar-refractivity contribution in [2.45, 2.75) is 18.9 Å². The number of para-hydroxylation sites is 2. The summed E-state index contributed by atoms with van der Waals surface area (Å²) >= 11 is 0. The van der Waals surface area contributed by atoms with E-state index in [2.05, 4.69) is 10.4 Å². The molecule has 0 spiro atoms. The lowest BCUT2D eigenvalue weighted by Crippen LogP contribution is -2.17. The zero-order valence-electron chi connectivity index (χ0n) is 14.9. The SMILES string of the molecule is O=C(Nc1ccccc1-n1cccn1)c1cccc(OCC2CCCO2)c1. The number of carbonyl (C=O) groups excluding carboxylic acids is 1. The molecular weight excluding hydrogens is 342 g/mol. The van der Waals surface area contributed by atoms with Gasteiger partial charge in [-0.25, -0.2) is 4.68 Å². The first-order valence-corrected chi connectivity index (χ1v) is 9.04. The molecule has 2 heterocycles. The lowest BCUT2D eigenvalue weighted by molar-refractivity contribution is 0.0679. The van der Waals surface area contributed by atoms with E-state index in [9.17, 15) is 4.79 Å². The molecule has 0 aliphatic carbocycles. The fourth-order valence-electron chi connectivity index (χ4n) is 3.08. The van der Waals surface area contributed by atoms with Crippen molar-refractivity contribution >= 4 is 11.6 Å². The smallest absolute Gasteiger partial charge is 0.255 e. The molecule has 138 valence electrons. The van der Waals surface area contributed by atoms with Crippen molar-refractivity contribution in [2.24, 2.45) is 0 Å². The molecule has 1 fully saturated rings. The molecule has 6 heteroatoms. The summed E-state index contributed by atoms with van der Waals surface area (Å²) in [6.07, 6.45) is 5.78. The Morgan fingerprint density at radius 3 is 2.96 bits per heavy atom. The van der Waals surface area contributed by atoms with Gasteiger partial charge >= 0.3 is 0 Å². The number of rotatable bonds is 6. The molecule has 1 amide bonds. The number of hydrogen-bond acceptors (Lipinski definition) is 4. The molecule has 1 N–H and O–H groups in total. The summed E-state index contributed by atoms with van der Waals surface area (Å²) in [6.45, 7) is 1.30. The summed E-state index contributed by atoms with van der Waals surface area (Å²) < 4.78 is 13.1. The highest BCUT2D eigenvalue weighted by atomic mass is 16.5. The van der Waals surface area contributed by atoms with Crippen molar-refractivity contribution in [3.63, 3.8) is 0 Å². The second-order valence-corrected chi connectivity index (χ2v) is 6.40. The van der Waals surface area contributed by atoms with Crippen LogP contribution in [-0.2, 0) is 4.74 Å². The van der Waals surface area contributed by atoms with Crippen molar-refractivity contribution in [3.8, 4) is 11.4 Å². The topological polar surface area (TPSA) is 65.4 Å². The monoisotopic (exact) mass is 363 g/mol. The normalized spacial score (nSPS) is 16.2. The molecule has 1 aromatic heterocycles. The second kappa shape index (κ2) is 8.05. The molecule has 0 bridgehead atoms. The Balaban J connectivity index is 1.46. The van der Waals surface area contributed by atoms with E-state index in [-0.39, 0.29) is 12.0 Å². The Bertz CT molecular complexity index is 903. The van der Waals surface area contributed by atoms with Crippen LogP contribution >= 0.6 is 0 Å². The number of ether oxygens (including phenoxy) is 2. The molecule has 3 aromatic rings. The number of benzene rings is 2. The number of anilines is 1. The van der Waals surface area contributed by atoms with E-state index < -0.39 is 0 Å². The molecule has 0 saturated carbocycles. The van der Waals surface area contributed by atoms with Gasteiger partial charge in [-0.1, -0.05) is 18.2 Å². The van der Waals surface area contributed by atoms with Crippen LogP contribution in [-0.4, -0.2) is 35.0 Å². The Hall–Kier alpha value is -3.12. The maximum atomic E-state index is 12.7. The minimum absolute atomic E-state index is 0.142. The van der Waals surface area contributed by atoms with E-state index in [1.165, 1.54) is 0 Å². The van der Waals surface area contributed by atoms with Crippen LogP contribution in [0.1, 0.15) is 23.2 Å². The summed E-state index contributed by atoms with van der Waals surface area (Å²) in [4.78, 5) is 12.7. The van der Waals surface area contributed by atoms with Crippen LogP contribution in [0.2, 0.25) is 0 Å². The predicted molar refractivity (Wildman–Crippen MR) is 102 cm³/mol. The molecule has 6 nitrogen and oxygen atoms in total. The van der Waals surface area contributed by atoms with Crippen LogP contribution in [0.15, 0.2) is 67.0 Å². The van der Waals surface area contributed by atoms with Crippen molar-refractivity contribution < 1.29 is 14.3 Å². The van der Waals surface area contributed by atoms with Gasteiger partial charge in [0, 0.05) is 24.6 Å². The van der Waals surface area contributed by atoms with Gasteiger partial charge in [-0.15, -0.1) is 0 Å². The average Bonchev–Trinajstić information content (AvgIpc) is 3.41. The van der Waals surface area contributed by atoms with Gasteiger partial charge in [-0.05, 0) is 49.2 Å². The van der Waals surface area contributed by atoms with Gasteiger partial charge in [0.2, 0.25) is 0 Å². The fourth-order valence-corrected chi connectivity index (χ4v) is 3.08. The van der Waals surface area contributed by atoms with Crippen LogP contribution in [0.5, 0.6) is 5.75 Å². The molecule has 27 heavy (non-hydrogen) atoms. The molecule has 1 aliphatic rings. The standard InChI is InChI=1S/C21H21N3O3/c25-21(23-19-9-1-2-10-20(19)24-12-5-11-22-24)16-6-3-7-17(14-16)27-15-18-8-4-13-26-18/h1-3,5-7,9-12,14,18H,4,8,13,15H2,(H,23,25). The van der Waals surface area contributed by atoms with Crippen molar-refractivity contribution in [2.75, 3.05) is 18.5 Å². The predicted octanol–water partition coefficient (Wildman–Crippen LogP) is 3.68. The van der Waals surface area contributed by atoms with Crippen LogP contribution in [0.25, 0.3) is 5.69 Å². The van der Waals surface area contributed by atoms with Gasteiger partial charge < -0.3 is 14.8 Å². The van der Waals surface area contributed by atoms with Gasteiger partial charge in [0.05, 0.1) is 17.5 Å². The summed E-state index contributed by atoms with van der Waals surface area (Å²) in [5, 5.41) is 7.20. The second-order valence-electron chi connectivity index (χ2n) is 6.40. The van der Waals surface area contributed by atoms with Gasteiger partial charge in [-0.3, -0.25) is 4.79 Å². The first-order chi connectivity index (χ1) is 13.3. The number of carbonyl (C=O) groups is 1. The lowest BCUT2D eigenvalue weighted by Gasteiger charge is -2.13. The third-order valence-corrected chi connectivity index (χ3v) is 4.46. The highest BCUT2D eigenvalue weighted by molar-refractivity contribution is 6.05. The number of amides is 1. The number of aromatic nitrogens is 2. The first kappa shape index (κ1) is 17.3. The summed E-state index contributed by atoms with van der Waals surface area (Å²) in [7, 11) is 0. The van der Waals surface area contributed by atoms with E-state index in [1.54, 1.807) is 23.0 Å². The Morgan fingerprint density at radius 1 is 1.22 bits per heavy atom. The molecule has 2 aromatic carbocycles. The number of hydrogen-bond donors (Lipinski definition) is 1. The van der Waals surface area contributed by atoms with E-state index in [0.717, 1.165) is 25.1 Å². The highest BCUT2D eigenvalue weighted by Gasteiger charge is 2.16. The summed E-state index contributed by atoms with van der Waals surface area (Å²) in [5.74, 6) is 0.468. The van der Waals surface area contributed by atoms with Crippen LogP contribution in [0.3, 0.4) is 0 Å². The van der Waals surface area contributed by atoms with E-state index in [0.29, 0.717) is 23.6 Å². The number of nitrogens with one attached hydrogen (secondary N) is 1. The Kier molecular flexibility index (Phi) is 5.16. The van der Waals surface area contributed by atoms with E-state index >= 15 is 0 Å². The van der Waals surface area contributed by atoms with Crippen molar-refractivity contribution in [3.05, 3.63) is 72.6 Å². The van der Waals surface area contributed by atoms with Crippen LogP contribution in [0.4, 0.5) is 5.69 Å². The van der Waals surface area contributed by atoms with Gasteiger partial charge in [-0.2, -0.15) is 5.10 Å². The lowest BCUT2D eigenvalue weighted by atomic mass is 10.2. The van der Waals surface area contributed by atoms with Crippen molar-refractivity contribution in [1.82, 2.24) is 9.78 Å². The highest BCUT2D eigenvalue weighted by Crippen LogP contribution is 2.21. The van der Waals surface area contributed by atoms with E-state index in [4.69, 9.17) is 9.47 Å². The van der Waals surface area contributed by atoms with Crippen LogP contribution < -0.4 is 10.1 Å². The maximum Gasteiger partial charge on any atom is 0.255 e. The van der Waals surface area contributed by atoms with E-state index in [1.807, 2.05) is 48.7 Å². The van der Waals surface area contributed by atoms with Gasteiger partial charge in [0.1, 0.15) is 12.4 Å². The molecule has 1 atom stereocenters. The molecule has 4 rings (SSSR count). The average molecular weight is 363 g/mol. The van der Waals surface area contributed by atoms with Gasteiger partial charge in [0.15, 0.2) is 0 Å². The quantitative estimate of drug-likeness (QED) is 0.725. The van der Waals surface area contributed by atoms with Crippen LogP contribution in [0, 0.1) is 0 Å². The first-order valence-electron chi connectivity index (χ1n) is 9.04. The Labute approximate surface area is 157 Å². The largest absolute Gasteiger partial charge is 0.491 e. The minimum Gasteiger partial charge on any atom is -0.491 e. The summed E-state index contributed by atoms with van der Waals surface area (Å²) in [5.41, 5.74) is 2.04. The number of nitrogens with zero attached hydrogens (tertiary/aromatic N) is 2. The summed E-state index contributed by atoms with van der Waals surface area (Å²) in [6, 6.07) is 16.6. The molecular formula is C21H21N3O3. The Morgan fingerprint density at radius 2 is 2.15 bits per heavy atom. The van der Waals surface area contributed by atoms with Gasteiger partial charge in [0.25, 0.3) is 5.91 Å². The fraction of sp³-hybridized carbons (Fsp3) is 0.238. The zero-order chi connectivity index (χ0) is 18.5. The van der Waals surface area contributed by atoms with Crippen molar-refractivity contribution in [1.29, 1.82) is 0 Å². The maximum absolute atomic E-state index is 12.7. The third-order valence-electron chi connectivity index (χ3n) is 4.46. The minimum atomic E-state index is -0.197. The molecule has 1 aliphatic heterocycles.